The Morgan fingerprint density at radius 3 is 2.36 bits per heavy atom. The van der Waals surface area contributed by atoms with E-state index >= 15 is 0 Å². The van der Waals surface area contributed by atoms with Gasteiger partial charge in [0.25, 0.3) is 5.91 Å². The molecule has 1 aliphatic carbocycles. The van der Waals surface area contributed by atoms with Crippen LogP contribution in [0.5, 0.6) is 5.75 Å². The lowest BCUT2D eigenvalue weighted by atomic mass is 10.2. The van der Waals surface area contributed by atoms with E-state index in [0.29, 0.717) is 16.9 Å². The van der Waals surface area contributed by atoms with Crippen LogP contribution in [0.25, 0.3) is 0 Å². The highest BCUT2D eigenvalue weighted by molar-refractivity contribution is 6.05. The van der Waals surface area contributed by atoms with Crippen molar-refractivity contribution in [1.29, 1.82) is 0 Å². The number of nitrogens with two attached hydrogens (primary N) is 1. The van der Waals surface area contributed by atoms with Gasteiger partial charge in [-0.3, -0.25) is 4.79 Å². The number of hydrogen-bond donors (Lipinski definition) is 3. The second-order valence-corrected chi connectivity index (χ2v) is 6.08. The Bertz CT molecular complexity index is 770. The molecule has 0 aromatic heterocycles. The summed E-state index contributed by atoms with van der Waals surface area (Å²) in [5, 5.41) is 5.29. The third kappa shape index (κ3) is 4.73. The molecule has 4 N–H and O–H groups in total. The maximum Gasteiger partial charge on any atom is 0.316 e. The van der Waals surface area contributed by atoms with Gasteiger partial charge in [-0.2, -0.15) is 0 Å². The minimum absolute atomic E-state index is 0.266. The Morgan fingerprint density at radius 1 is 0.960 bits per heavy atom. The number of urea groups is 1. The van der Waals surface area contributed by atoms with E-state index in [1.165, 1.54) is 12.8 Å². The molecule has 0 spiro atoms. The first-order valence-corrected chi connectivity index (χ1v) is 8.35. The molecule has 0 unspecified atom stereocenters. The fourth-order valence-electron chi connectivity index (χ4n) is 2.93. The van der Waals surface area contributed by atoms with Gasteiger partial charge in [0.2, 0.25) is 0 Å². The quantitative estimate of drug-likeness (QED) is 0.774. The highest BCUT2D eigenvalue weighted by atomic mass is 16.5. The average molecular weight is 339 g/mol. The van der Waals surface area contributed by atoms with Crippen LogP contribution in [-0.4, -0.2) is 18.0 Å². The van der Waals surface area contributed by atoms with Crippen molar-refractivity contribution in [2.24, 2.45) is 5.73 Å². The molecule has 1 saturated carbocycles. The van der Waals surface area contributed by atoms with Crippen molar-refractivity contribution in [3.63, 3.8) is 0 Å². The Labute approximate surface area is 146 Å². The van der Waals surface area contributed by atoms with Crippen molar-refractivity contribution in [3.8, 4) is 5.75 Å². The van der Waals surface area contributed by atoms with E-state index in [1.54, 1.807) is 24.3 Å². The van der Waals surface area contributed by atoms with Crippen LogP contribution in [0, 0.1) is 0 Å². The van der Waals surface area contributed by atoms with Gasteiger partial charge in [0.05, 0.1) is 6.10 Å². The summed E-state index contributed by atoms with van der Waals surface area (Å²) in [6.07, 6.45) is 4.84. The zero-order chi connectivity index (χ0) is 17.6. The number of rotatable bonds is 5. The lowest BCUT2D eigenvalue weighted by Gasteiger charge is -2.14. The summed E-state index contributed by atoms with van der Waals surface area (Å²) < 4.78 is 5.95. The number of carbonyl (C=O) groups is 2. The van der Waals surface area contributed by atoms with E-state index in [9.17, 15) is 9.59 Å². The molecule has 3 amide bonds. The van der Waals surface area contributed by atoms with E-state index < -0.39 is 6.03 Å². The summed E-state index contributed by atoms with van der Waals surface area (Å²) in [5.41, 5.74) is 6.65. The van der Waals surface area contributed by atoms with Crippen molar-refractivity contribution >= 4 is 23.3 Å². The largest absolute Gasteiger partial charge is 0.490 e. The molecule has 0 saturated heterocycles. The molecule has 3 rings (SSSR count). The highest BCUT2D eigenvalue weighted by Gasteiger charge is 2.16. The maximum absolute atomic E-state index is 12.4. The van der Waals surface area contributed by atoms with Gasteiger partial charge in [-0.15, -0.1) is 0 Å². The van der Waals surface area contributed by atoms with Crippen LogP contribution >= 0.6 is 0 Å². The Balaban J connectivity index is 1.67. The molecule has 0 radical (unpaired) electrons. The van der Waals surface area contributed by atoms with E-state index in [0.717, 1.165) is 18.6 Å². The fourth-order valence-corrected chi connectivity index (χ4v) is 2.93. The second-order valence-electron chi connectivity index (χ2n) is 6.08. The number of anilines is 2. The molecule has 0 bridgehead atoms. The summed E-state index contributed by atoms with van der Waals surface area (Å²) in [4.78, 5) is 23.3. The topological polar surface area (TPSA) is 93.5 Å². The van der Waals surface area contributed by atoms with Gasteiger partial charge in [-0.05, 0) is 56.0 Å². The first-order valence-electron chi connectivity index (χ1n) is 8.35. The van der Waals surface area contributed by atoms with Crippen LogP contribution in [0.2, 0.25) is 0 Å². The summed E-state index contributed by atoms with van der Waals surface area (Å²) >= 11 is 0. The number of benzene rings is 2. The SMILES string of the molecule is NC(=O)Nc1cccc(C(=O)Nc2cccc(OC3CCCC3)c2)c1. The predicted molar refractivity (Wildman–Crippen MR) is 96.9 cm³/mol. The van der Waals surface area contributed by atoms with Gasteiger partial charge in [-0.25, -0.2) is 4.79 Å². The molecule has 2 aromatic carbocycles. The van der Waals surface area contributed by atoms with Crippen molar-refractivity contribution in [1.82, 2.24) is 0 Å². The molecule has 0 heterocycles. The van der Waals surface area contributed by atoms with Crippen LogP contribution in [-0.2, 0) is 0 Å². The monoisotopic (exact) mass is 339 g/mol. The lowest BCUT2D eigenvalue weighted by Crippen LogP contribution is -2.20. The Hall–Kier alpha value is -3.02. The standard InChI is InChI=1S/C19H21N3O3/c20-19(24)22-14-6-3-5-13(11-14)18(23)21-15-7-4-10-17(12-15)25-16-8-1-2-9-16/h3-7,10-12,16H,1-2,8-9H2,(H,21,23)(H3,20,22,24). The molecule has 1 aliphatic rings. The maximum atomic E-state index is 12.4. The number of primary amides is 1. The van der Waals surface area contributed by atoms with E-state index in [4.69, 9.17) is 10.5 Å². The number of amides is 3. The van der Waals surface area contributed by atoms with Crippen LogP contribution in [0.1, 0.15) is 36.0 Å². The predicted octanol–water partition coefficient (Wildman–Crippen LogP) is 3.75. The normalized spacial score (nSPS) is 14.1. The third-order valence-electron chi connectivity index (χ3n) is 4.09. The van der Waals surface area contributed by atoms with Crippen molar-refractivity contribution in [3.05, 3.63) is 54.1 Å². The van der Waals surface area contributed by atoms with Gasteiger partial charge >= 0.3 is 6.03 Å². The molecule has 6 nitrogen and oxygen atoms in total. The number of nitrogens with one attached hydrogen (secondary N) is 2. The molecule has 6 heteroatoms. The van der Waals surface area contributed by atoms with Crippen molar-refractivity contribution in [2.45, 2.75) is 31.8 Å². The average Bonchev–Trinajstić information content (AvgIpc) is 3.08. The zero-order valence-electron chi connectivity index (χ0n) is 13.8. The van der Waals surface area contributed by atoms with E-state index in [-0.39, 0.29) is 12.0 Å². The Kier molecular flexibility index (Phi) is 5.18. The van der Waals surface area contributed by atoms with Crippen LogP contribution in [0.4, 0.5) is 16.2 Å². The van der Waals surface area contributed by atoms with Crippen LogP contribution < -0.4 is 21.1 Å². The van der Waals surface area contributed by atoms with Crippen LogP contribution in [0.3, 0.4) is 0 Å². The van der Waals surface area contributed by atoms with E-state index in [2.05, 4.69) is 10.6 Å². The van der Waals surface area contributed by atoms with Crippen LogP contribution in [0.15, 0.2) is 48.5 Å². The van der Waals surface area contributed by atoms with Crippen molar-refractivity contribution in [2.75, 3.05) is 10.6 Å². The number of hydrogen-bond acceptors (Lipinski definition) is 3. The summed E-state index contributed by atoms with van der Waals surface area (Å²) in [6, 6.07) is 13.3. The minimum atomic E-state index is -0.672. The Morgan fingerprint density at radius 2 is 1.64 bits per heavy atom. The summed E-state index contributed by atoms with van der Waals surface area (Å²) in [6.45, 7) is 0. The minimum Gasteiger partial charge on any atom is -0.490 e. The third-order valence-corrected chi connectivity index (χ3v) is 4.09. The molecule has 130 valence electrons. The van der Waals surface area contributed by atoms with Gasteiger partial charge in [0.15, 0.2) is 0 Å². The molecule has 0 atom stereocenters. The smallest absolute Gasteiger partial charge is 0.316 e. The summed E-state index contributed by atoms with van der Waals surface area (Å²) in [7, 11) is 0. The molecular formula is C19H21N3O3. The fraction of sp³-hybridized carbons (Fsp3) is 0.263. The molecule has 0 aliphatic heterocycles. The molecule has 25 heavy (non-hydrogen) atoms. The highest BCUT2D eigenvalue weighted by Crippen LogP contribution is 2.26. The van der Waals surface area contributed by atoms with Gasteiger partial charge in [-0.1, -0.05) is 12.1 Å². The van der Waals surface area contributed by atoms with Gasteiger partial charge in [0, 0.05) is 23.0 Å². The number of ether oxygens (including phenoxy) is 1. The van der Waals surface area contributed by atoms with Gasteiger partial charge < -0.3 is 21.1 Å². The second kappa shape index (κ2) is 7.70. The molecule has 1 fully saturated rings. The van der Waals surface area contributed by atoms with Crippen molar-refractivity contribution < 1.29 is 14.3 Å². The summed E-state index contributed by atoms with van der Waals surface area (Å²) in [5.74, 6) is 0.486. The zero-order valence-corrected chi connectivity index (χ0v) is 13.8. The molecular weight excluding hydrogens is 318 g/mol. The molecule has 2 aromatic rings. The number of carbonyl (C=O) groups excluding carboxylic acids is 2. The van der Waals surface area contributed by atoms with E-state index in [1.807, 2.05) is 24.3 Å². The first kappa shape index (κ1) is 16.8. The van der Waals surface area contributed by atoms with Gasteiger partial charge in [0.1, 0.15) is 5.75 Å². The lowest BCUT2D eigenvalue weighted by molar-refractivity contribution is 0.102. The first-order chi connectivity index (χ1) is 12.1.